The zero-order valence-corrected chi connectivity index (χ0v) is 9.60. The van der Waals surface area contributed by atoms with Crippen LogP contribution in [0, 0.1) is 0 Å². The van der Waals surface area contributed by atoms with Crippen LogP contribution >= 0.6 is 0 Å². The minimum absolute atomic E-state index is 0.688. The number of aromatic nitrogens is 3. The van der Waals surface area contributed by atoms with Crippen LogP contribution in [-0.4, -0.2) is 45.3 Å². The van der Waals surface area contributed by atoms with Crippen molar-refractivity contribution in [3.63, 3.8) is 0 Å². The summed E-state index contributed by atoms with van der Waals surface area (Å²) in [5, 5.41) is 11.7. The SMILES string of the molecule is c1nnc2n1CCN(C1CCCCNC1)C2. The first-order chi connectivity index (χ1) is 7.93. The highest BCUT2D eigenvalue weighted by Crippen LogP contribution is 2.17. The maximum absolute atomic E-state index is 4.18. The summed E-state index contributed by atoms with van der Waals surface area (Å²) in [6.45, 7) is 5.46. The summed E-state index contributed by atoms with van der Waals surface area (Å²) in [5.74, 6) is 1.12. The van der Waals surface area contributed by atoms with E-state index in [1.807, 2.05) is 6.33 Å². The summed E-state index contributed by atoms with van der Waals surface area (Å²) < 4.78 is 2.17. The largest absolute Gasteiger partial charge is 0.315 e. The molecule has 3 rings (SSSR count). The van der Waals surface area contributed by atoms with Crippen molar-refractivity contribution in [1.82, 2.24) is 25.0 Å². The second kappa shape index (κ2) is 4.51. The number of nitrogens with one attached hydrogen (secondary N) is 1. The molecule has 0 spiro atoms. The molecule has 1 unspecified atom stereocenters. The van der Waals surface area contributed by atoms with Gasteiger partial charge in [-0.25, -0.2) is 0 Å². The van der Waals surface area contributed by atoms with Crippen molar-refractivity contribution in [2.45, 2.75) is 38.4 Å². The lowest BCUT2D eigenvalue weighted by atomic mass is 10.1. The highest BCUT2D eigenvalue weighted by molar-refractivity contribution is 4.92. The molecule has 1 saturated heterocycles. The van der Waals surface area contributed by atoms with Gasteiger partial charge in [-0.05, 0) is 19.4 Å². The molecule has 2 aliphatic rings. The van der Waals surface area contributed by atoms with Gasteiger partial charge in [0.05, 0.1) is 6.54 Å². The normalized spacial score (nSPS) is 27.4. The molecule has 88 valence electrons. The minimum atomic E-state index is 0.688. The Bertz CT molecular complexity index is 340. The topological polar surface area (TPSA) is 46.0 Å². The first kappa shape index (κ1) is 10.2. The summed E-state index contributed by atoms with van der Waals surface area (Å²) in [7, 11) is 0. The van der Waals surface area contributed by atoms with Gasteiger partial charge in [0.1, 0.15) is 12.2 Å². The van der Waals surface area contributed by atoms with Gasteiger partial charge < -0.3 is 9.88 Å². The zero-order chi connectivity index (χ0) is 10.8. The predicted octanol–water partition coefficient (Wildman–Crippen LogP) is 0.236. The van der Waals surface area contributed by atoms with Crippen LogP contribution in [0.25, 0.3) is 0 Å². The van der Waals surface area contributed by atoms with Crippen LogP contribution in [0.3, 0.4) is 0 Å². The maximum atomic E-state index is 4.18. The molecule has 0 amide bonds. The first-order valence-electron chi connectivity index (χ1n) is 6.25. The Morgan fingerprint density at radius 2 is 2.31 bits per heavy atom. The number of nitrogens with zero attached hydrogens (tertiary/aromatic N) is 4. The van der Waals surface area contributed by atoms with Gasteiger partial charge in [-0.2, -0.15) is 0 Å². The van der Waals surface area contributed by atoms with E-state index >= 15 is 0 Å². The molecule has 1 N–H and O–H groups in total. The zero-order valence-electron chi connectivity index (χ0n) is 9.60. The fourth-order valence-corrected chi connectivity index (χ4v) is 2.71. The lowest BCUT2D eigenvalue weighted by Gasteiger charge is -2.33. The van der Waals surface area contributed by atoms with Gasteiger partial charge in [-0.15, -0.1) is 10.2 Å². The van der Waals surface area contributed by atoms with E-state index in [1.165, 1.54) is 25.8 Å². The average molecular weight is 221 g/mol. The predicted molar refractivity (Wildman–Crippen MR) is 60.9 cm³/mol. The molecule has 0 radical (unpaired) electrons. The van der Waals surface area contributed by atoms with E-state index in [2.05, 4.69) is 25.0 Å². The molecule has 0 aromatic carbocycles. The van der Waals surface area contributed by atoms with Crippen LogP contribution in [0.2, 0.25) is 0 Å². The van der Waals surface area contributed by atoms with E-state index in [1.54, 1.807) is 0 Å². The summed E-state index contributed by atoms with van der Waals surface area (Å²) in [6, 6.07) is 0.688. The summed E-state index contributed by atoms with van der Waals surface area (Å²) in [5.41, 5.74) is 0. The summed E-state index contributed by atoms with van der Waals surface area (Å²) in [6.07, 6.45) is 5.83. The Morgan fingerprint density at radius 3 is 3.31 bits per heavy atom. The summed E-state index contributed by atoms with van der Waals surface area (Å²) in [4.78, 5) is 2.56. The van der Waals surface area contributed by atoms with E-state index < -0.39 is 0 Å². The van der Waals surface area contributed by atoms with Crippen molar-refractivity contribution >= 4 is 0 Å². The molecule has 0 saturated carbocycles. The minimum Gasteiger partial charge on any atom is -0.315 e. The molecule has 5 nitrogen and oxygen atoms in total. The monoisotopic (exact) mass is 221 g/mol. The van der Waals surface area contributed by atoms with Crippen molar-refractivity contribution in [1.29, 1.82) is 0 Å². The molecule has 2 aliphatic heterocycles. The molecule has 0 bridgehead atoms. The van der Waals surface area contributed by atoms with E-state index in [0.717, 1.165) is 32.0 Å². The Morgan fingerprint density at radius 1 is 1.31 bits per heavy atom. The van der Waals surface area contributed by atoms with E-state index in [-0.39, 0.29) is 0 Å². The summed E-state index contributed by atoms with van der Waals surface area (Å²) >= 11 is 0. The van der Waals surface area contributed by atoms with Crippen molar-refractivity contribution in [2.24, 2.45) is 0 Å². The van der Waals surface area contributed by atoms with Gasteiger partial charge in [0.15, 0.2) is 0 Å². The number of hydrogen-bond donors (Lipinski definition) is 1. The van der Waals surface area contributed by atoms with Crippen LogP contribution in [0.1, 0.15) is 25.1 Å². The Labute approximate surface area is 95.8 Å². The van der Waals surface area contributed by atoms with E-state index in [0.29, 0.717) is 6.04 Å². The molecule has 5 heteroatoms. The number of fused-ring (bicyclic) bond motifs is 1. The standard InChI is InChI=1S/C11H19N5/c1-2-4-12-7-10(3-1)15-5-6-16-9-13-14-11(16)8-15/h9-10,12H,1-8H2. The van der Waals surface area contributed by atoms with Gasteiger partial charge in [-0.3, -0.25) is 4.90 Å². The smallest absolute Gasteiger partial charge is 0.147 e. The Kier molecular flexibility index (Phi) is 2.88. The van der Waals surface area contributed by atoms with Crippen LogP contribution in [-0.2, 0) is 13.1 Å². The Hall–Kier alpha value is -0.940. The van der Waals surface area contributed by atoms with Crippen molar-refractivity contribution in [3.8, 4) is 0 Å². The maximum Gasteiger partial charge on any atom is 0.147 e. The molecule has 1 aromatic rings. The van der Waals surface area contributed by atoms with Gasteiger partial charge in [0.2, 0.25) is 0 Å². The van der Waals surface area contributed by atoms with Crippen LogP contribution in [0.5, 0.6) is 0 Å². The second-order valence-corrected chi connectivity index (χ2v) is 4.76. The van der Waals surface area contributed by atoms with Gasteiger partial charge in [0, 0.05) is 25.7 Å². The molecular weight excluding hydrogens is 202 g/mol. The van der Waals surface area contributed by atoms with Crippen molar-refractivity contribution < 1.29 is 0 Å². The van der Waals surface area contributed by atoms with Crippen molar-refractivity contribution in [2.75, 3.05) is 19.6 Å². The van der Waals surface area contributed by atoms with Crippen LogP contribution in [0.4, 0.5) is 0 Å². The third-order valence-electron chi connectivity index (χ3n) is 3.71. The molecular formula is C11H19N5. The third kappa shape index (κ3) is 1.97. The van der Waals surface area contributed by atoms with Gasteiger partial charge in [-0.1, -0.05) is 6.42 Å². The van der Waals surface area contributed by atoms with Crippen LogP contribution < -0.4 is 5.32 Å². The third-order valence-corrected chi connectivity index (χ3v) is 3.71. The number of rotatable bonds is 1. The molecule has 0 aliphatic carbocycles. The van der Waals surface area contributed by atoms with Crippen molar-refractivity contribution in [3.05, 3.63) is 12.2 Å². The molecule has 16 heavy (non-hydrogen) atoms. The average Bonchev–Trinajstić information content (AvgIpc) is 2.61. The lowest BCUT2D eigenvalue weighted by molar-refractivity contribution is 0.145. The van der Waals surface area contributed by atoms with Crippen LogP contribution in [0.15, 0.2) is 6.33 Å². The highest BCUT2D eigenvalue weighted by atomic mass is 15.3. The molecule has 1 aromatic heterocycles. The molecule has 1 atom stereocenters. The van der Waals surface area contributed by atoms with Gasteiger partial charge >= 0.3 is 0 Å². The molecule has 3 heterocycles. The fourth-order valence-electron chi connectivity index (χ4n) is 2.71. The second-order valence-electron chi connectivity index (χ2n) is 4.76. The Balaban J connectivity index is 1.68. The first-order valence-corrected chi connectivity index (χ1v) is 6.25. The number of hydrogen-bond acceptors (Lipinski definition) is 4. The van der Waals surface area contributed by atoms with E-state index in [9.17, 15) is 0 Å². The highest BCUT2D eigenvalue weighted by Gasteiger charge is 2.24. The molecule has 1 fully saturated rings. The quantitative estimate of drug-likeness (QED) is 0.737. The van der Waals surface area contributed by atoms with Gasteiger partial charge in [0.25, 0.3) is 0 Å². The van der Waals surface area contributed by atoms with E-state index in [4.69, 9.17) is 0 Å². The lowest BCUT2D eigenvalue weighted by Crippen LogP contribution is -2.45. The fraction of sp³-hybridized carbons (Fsp3) is 0.818.